The first kappa shape index (κ1) is 15.3. The number of aromatic nitrogens is 3. The lowest BCUT2D eigenvalue weighted by Crippen LogP contribution is -2.32. The summed E-state index contributed by atoms with van der Waals surface area (Å²) in [6.07, 6.45) is 2.60. The first-order valence-electron chi connectivity index (χ1n) is 7.78. The van der Waals surface area contributed by atoms with Crippen LogP contribution in [0.25, 0.3) is 22.4 Å². The van der Waals surface area contributed by atoms with Crippen LogP contribution < -0.4 is 5.32 Å². The van der Waals surface area contributed by atoms with Crippen molar-refractivity contribution in [3.63, 3.8) is 0 Å². The van der Waals surface area contributed by atoms with Crippen LogP contribution in [0.1, 0.15) is 26.7 Å². The number of hydrogen-bond acceptors (Lipinski definition) is 4. The summed E-state index contributed by atoms with van der Waals surface area (Å²) in [4.78, 5) is 12.1. The molecule has 0 radical (unpaired) electrons. The quantitative estimate of drug-likeness (QED) is 0.786. The predicted molar refractivity (Wildman–Crippen MR) is 87.9 cm³/mol. The van der Waals surface area contributed by atoms with E-state index in [4.69, 9.17) is 4.42 Å². The van der Waals surface area contributed by atoms with Crippen molar-refractivity contribution in [2.75, 3.05) is 0 Å². The molecule has 120 valence electrons. The maximum absolute atomic E-state index is 12.1. The number of aryl methyl sites for hydroxylation is 1. The monoisotopic (exact) mass is 312 g/mol. The molecule has 0 aliphatic heterocycles. The van der Waals surface area contributed by atoms with Crippen LogP contribution in [0.15, 0.2) is 34.9 Å². The lowest BCUT2D eigenvalue weighted by atomic mass is 10.2. The number of para-hydroxylation sites is 1. The lowest BCUT2D eigenvalue weighted by molar-refractivity contribution is -0.122. The van der Waals surface area contributed by atoms with Gasteiger partial charge in [-0.3, -0.25) is 4.79 Å². The minimum atomic E-state index is -0.0212. The molecule has 1 aromatic carbocycles. The van der Waals surface area contributed by atoms with Crippen LogP contribution in [0, 0.1) is 0 Å². The zero-order chi connectivity index (χ0) is 16.4. The van der Waals surface area contributed by atoms with E-state index in [2.05, 4.69) is 15.5 Å². The summed E-state index contributed by atoms with van der Waals surface area (Å²) in [5.41, 5.74) is 1.82. The molecule has 0 aliphatic carbocycles. The highest BCUT2D eigenvalue weighted by Gasteiger charge is 2.16. The molecule has 0 fully saturated rings. The molecular formula is C17H20N4O2. The molecule has 0 saturated heterocycles. The van der Waals surface area contributed by atoms with Gasteiger partial charge in [0.1, 0.15) is 6.54 Å². The van der Waals surface area contributed by atoms with E-state index >= 15 is 0 Å². The van der Waals surface area contributed by atoms with E-state index in [-0.39, 0.29) is 18.5 Å². The van der Waals surface area contributed by atoms with Crippen molar-refractivity contribution >= 4 is 16.8 Å². The molecule has 0 bridgehead atoms. The van der Waals surface area contributed by atoms with E-state index in [0.717, 1.165) is 16.5 Å². The van der Waals surface area contributed by atoms with Gasteiger partial charge in [0.05, 0.1) is 5.56 Å². The number of nitrogens with zero attached hydrogens (tertiary/aromatic N) is 3. The number of amides is 1. The maximum Gasteiger partial charge on any atom is 0.249 e. The molecule has 1 amide bonds. The third kappa shape index (κ3) is 3.11. The summed E-state index contributed by atoms with van der Waals surface area (Å²) in [5.74, 6) is 1.07. The van der Waals surface area contributed by atoms with E-state index in [1.807, 2.05) is 55.8 Å². The molecule has 23 heavy (non-hydrogen) atoms. The zero-order valence-electron chi connectivity index (χ0n) is 13.5. The highest BCUT2D eigenvalue weighted by molar-refractivity contribution is 5.94. The average molecular weight is 312 g/mol. The minimum Gasteiger partial charge on any atom is -0.421 e. The molecule has 0 unspecified atom stereocenters. The molecule has 0 aliphatic rings. The van der Waals surface area contributed by atoms with Gasteiger partial charge in [-0.05, 0) is 19.9 Å². The first-order chi connectivity index (χ1) is 11.1. The highest BCUT2D eigenvalue weighted by Crippen LogP contribution is 2.29. The van der Waals surface area contributed by atoms with E-state index in [1.54, 1.807) is 0 Å². The number of rotatable bonds is 5. The SMILES string of the molecule is CCc1nnc(-c2cn(CC(=O)NC(C)C)c3ccccc23)o1. The Morgan fingerprint density at radius 2 is 2.09 bits per heavy atom. The van der Waals surface area contributed by atoms with Gasteiger partial charge in [0, 0.05) is 29.6 Å². The van der Waals surface area contributed by atoms with Crippen molar-refractivity contribution in [3.8, 4) is 11.5 Å². The Hall–Kier alpha value is -2.63. The summed E-state index contributed by atoms with van der Waals surface area (Å²) >= 11 is 0. The Morgan fingerprint density at radius 3 is 2.78 bits per heavy atom. The van der Waals surface area contributed by atoms with Gasteiger partial charge in [-0.25, -0.2) is 0 Å². The molecule has 1 N–H and O–H groups in total. The summed E-state index contributed by atoms with van der Waals surface area (Å²) in [7, 11) is 0. The van der Waals surface area contributed by atoms with Crippen molar-refractivity contribution in [2.45, 2.75) is 39.8 Å². The van der Waals surface area contributed by atoms with Crippen molar-refractivity contribution in [3.05, 3.63) is 36.4 Å². The molecule has 2 aromatic heterocycles. The van der Waals surface area contributed by atoms with Crippen molar-refractivity contribution in [2.24, 2.45) is 0 Å². The third-order valence-electron chi connectivity index (χ3n) is 3.55. The fourth-order valence-corrected chi connectivity index (χ4v) is 2.58. The lowest BCUT2D eigenvalue weighted by Gasteiger charge is -2.09. The molecule has 6 nitrogen and oxygen atoms in total. The Kier molecular flexibility index (Phi) is 4.14. The summed E-state index contributed by atoms with van der Waals surface area (Å²) in [6.45, 7) is 6.12. The van der Waals surface area contributed by atoms with Crippen LogP contribution in [-0.2, 0) is 17.8 Å². The van der Waals surface area contributed by atoms with Crippen LogP contribution in [0.4, 0.5) is 0 Å². The molecule has 6 heteroatoms. The van der Waals surface area contributed by atoms with Gasteiger partial charge in [0.15, 0.2) is 0 Å². The highest BCUT2D eigenvalue weighted by atomic mass is 16.4. The number of carbonyl (C=O) groups is 1. The molecule has 2 heterocycles. The van der Waals surface area contributed by atoms with Gasteiger partial charge >= 0.3 is 0 Å². The van der Waals surface area contributed by atoms with Crippen molar-refractivity contribution in [1.29, 1.82) is 0 Å². The fourth-order valence-electron chi connectivity index (χ4n) is 2.58. The molecule has 0 spiro atoms. The second-order valence-corrected chi connectivity index (χ2v) is 5.76. The van der Waals surface area contributed by atoms with Gasteiger partial charge in [0.2, 0.25) is 17.7 Å². The number of carbonyl (C=O) groups excluding carboxylic acids is 1. The van der Waals surface area contributed by atoms with E-state index < -0.39 is 0 Å². The average Bonchev–Trinajstić information content (AvgIpc) is 3.11. The summed E-state index contributed by atoms with van der Waals surface area (Å²) in [6, 6.07) is 8.01. The minimum absolute atomic E-state index is 0.0212. The van der Waals surface area contributed by atoms with Crippen LogP contribution in [-0.4, -0.2) is 26.7 Å². The Balaban J connectivity index is 2.01. The van der Waals surface area contributed by atoms with Gasteiger partial charge in [-0.15, -0.1) is 10.2 Å². The van der Waals surface area contributed by atoms with E-state index in [1.165, 1.54) is 0 Å². The smallest absolute Gasteiger partial charge is 0.249 e. The summed E-state index contributed by atoms with van der Waals surface area (Å²) in [5, 5.41) is 12.0. The Morgan fingerprint density at radius 1 is 1.30 bits per heavy atom. The molecule has 3 rings (SSSR count). The third-order valence-corrected chi connectivity index (χ3v) is 3.55. The van der Waals surface area contributed by atoms with Crippen LogP contribution in [0.5, 0.6) is 0 Å². The standard InChI is InChI=1S/C17H20N4O2/c1-4-16-19-20-17(23-16)13-9-21(10-15(22)18-11(2)3)14-8-6-5-7-12(13)14/h5-9,11H,4,10H2,1-3H3,(H,18,22). The first-order valence-corrected chi connectivity index (χ1v) is 7.78. The maximum atomic E-state index is 12.1. The fraction of sp³-hybridized carbons (Fsp3) is 0.353. The Bertz CT molecular complexity index is 832. The van der Waals surface area contributed by atoms with E-state index in [0.29, 0.717) is 18.2 Å². The second-order valence-electron chi connectivity index (χ2n) is 5.76. The predicted octanol–water partition coefficient (Wildman–Crippen LogP) is 2.78. The second kappa shape index (κ2) is 6.24. The van der Waals surface area contributed by atoms with Gasteiger partial charge in [-0.2, -0.15) is 0 Å². The number of nitrogens with one attached hydrogen (secondary N) is 1. The van der Waals surface area contributed by atoms with Gasteiger partial charge in [-0.1, -0.05) is 25.1 Å². The topological polar surface area (TPSA) is 73.0 Å². The van der Waals surface area contributed by atoms with Crippen LogP contribution >= 0.6 is 0 Å². The Labute approximate surface area is 134 Å². The zero-order valence-corrected chi connectivity index (χ0v) is 13.5. The normalized spacial score (nSPS) is 11.3. The largest absolute Gasteiger partial charge is 0.421 e. The van der Waals surface area contributed by atoms with E-state index in [9.17, 15) is 4.79 Å². The number of hydrogen-bond donors (Lipinski definition) is 1. The molecule has 0 atom stereocenters. The molecular weight excluding hydrogens is 292 g/mol. The van der Waals surface area contributed by atoms with Crippen molar-refractivity contribution in [1.82, 2.24) is 20.1 Å². The van der Waals surface area contributed by atoms with Gasteiger partial charge in [0.25, 0.3) is 0 Å². The summed E-state index contributed by atoms with van der Waals surface area (Å²) < 4.78 is 7.59. The molecule has 3 aromatic rings. The molecule has 0 saturated carbocycles. The van der Waals surface area contributed by atoms with Gasteiger partial charge < -0.3 is 14.3 Å². The van der Waals surface area contributed by atoms with Crippen LogP contribution in [0.3, 0.4) is 0 Å². The number of benzene rings is 1. The number of fused-ring (bicyclic) bond motifs is 1. The van der Waals surface area contributed by atoms with Crippen molar-refractivity contribution < 1.29 is 9.21 Å². The van der Waals surface area contributed by atoms with Crippen LogP contribution in [0.2, 0.25) is 0 Å².